The zero-order valence-corrected chi connectivity index (χ0v) is 8.56. The van der Waals surface area contributed by atoms with Gasteiger partial charge in [-0.15, -0.1) is 0 Å². The van der Waals surface area contributed by atoms with Crippen LogP contribution in [0.2, 0.25) is 0 Å². The van der Waals surface area contributed by atoms with Gasteiger partial charge in [0.15, 0.2) is 0 Å². The highest BCUT2D eigenvalue weighted by atomic mass is 14.3. The van der Waals surface area contributed by atoms with E-state index in [1.165, 1.54) is 11.1 Å². The molecule has 0 N–H and O–H groups in total. The maximum absolute atomic E-state index is 3.39. The van der Waals surface area contributed by atoms with Crippen molar-refractivity contribution in [1.29, 1.82) is 0 Å². The topological polar surface area (TPSA) is 0 Å². The molecule has 0 aromatic heterocycles. The van der Waals surface area contributed by atoms with Gasteiger partial charge in [-0.1, -0.05) is 54.6 Å². The fourth-order valence-corrected chi connectivity index (χ4v) is 2.44. The number of benzene rings is 1. The van der Waals surface area contributed by atoms with Gasteiger partial charge in [-0.05, 0) is 29.5 Å². The smallest absolute Gasteiger partial charge is 0.00931 e. The molecule has 1 radical (unpaired) electrons. The van der Waals surface area contributed by atoms with Crippen molar-refractivity contribution in [2.75, 3.05) is 0 Å². The second-order valence-electron chi connectivity index (χ2n) is 4.13. The van der Waals surface area contributed by atoms with Gasteiger partial charge in [-0.25, -0.2) is 0 Å². The molecule has 0 spiro atoms. The number of fused-ring (bicyclic) bond motifs is 3. The van der Waals surface area contributed by atoms with Crippen molar-refractivity contribution in [3.63, 3.8) is 0 Å². The maximum atomic E-state index is 3.39. The lowest BCUT2D eigenvalue weighted by Crippen LogP contribution is -2.09. The predicted molar refractivity (Wildman–Crippen MR) is 62.5 cm³/mol. The molecule has 0 nitrogen and oxygen atoms in total. The average Bonchev–Trinajstić information content (AvgIpc) is 2.48. The molecule has 0 heteroatoms. The summed E-state index contributed by atoms with van der Waals surface area (Å²) >= 11 is 0. The third kappa shape index (κ3) is 1.46. The van der Waals surface area contributed by atoms with Crippen LogP contribution in [0.5, 0.6) is 0 Å². The Morgan fingerprint density at radius 1 is 1.07 bits per heavy atom. The van der Waals surface area contributed by atoms with E-state index in [2.05, 4.69) is 60.7 Å². The molecule has 15 heavy (non-hydrogen) atoms. The molecule has 0 saturated heterocycles. The minimum atomic E-state index is 0.539. The lowest BCUT2D eigenvalue weighted by Gasteiger charge is -2.23. The second kappa shape index (κ2) is 3.54. The predicted octanol–water partition coefficient (Wildman–Crippen LogP) is 3.62. The Morgan fingerprint density at radius 2 is 1.93 bits per heavy atom. The van der Waals surface area contributed by atoms with E-state index in [-0.39, 0.29) is 0 Å². The average molecular weight is 193 g/mol. The van der Waals surface area contributed by atoms with Crippen molar-refractivity contribution in [2.24, 2.45) is 5.92 Å². The molecule has 0 saturated carbocycles. The molecule has 2 aliphatic rings. The summed E-state index contributed by atoms with van der Waals surface area (Å²) in [5.74, 6) is 1.16. The van der Waals surface area contributed by atoms with E-state index in [1.54, 1.807) is 0 Å². The summed E-state index contributed by atoms with van der Waals surface area (Å²) in [7, 11) is 0. The van der Waals surface area contributed by atoms with E-state index in [9.17, 15) is 0 Å². The van der Waals surface area contributed by atoms with Gasteiger partial charge in [-0.2, -0.15) is 0 Å². The van der Waals surface area contributed by atoms with Gasteiger partial charge in [0.05, 0.1) is 0 Å². The van der Waals surface area contributed by atoms with E-state index < -0.39 is 0 Å². The quantitative estimate of drug-likeness (QED) is 0.590. The zero-order chi connectivity index (χ0) is 10.1. The SMILES string of the molecule is [C]1=CCC2C=CC=CC2c2ccccc21. The molecule has 1 aromatic carbocycles. The fourth-order valence-electron chi connectivity index (χ4n) is 2.44. The Morgan fingerprint density at radius 3 is 2.93 bits per heavy atom. The van der Waals surface area contributed by atoms with Crippen LogP contribution in [0.25, 0.3) is 0 Å². The molecule has 0 bridgehead atoms. The van der Waals surface area contributed by atoms with Crippen molar-refractivity contribution in [3.8, 4) is 0 Å². The van der Waals surface area contributed by atoms with Crippen molar-refractivity contribution < 1.29 is 0 Å². The lowest BCUT2D eigenvalue weighted by molar-refractivity contribution is 0.590. The van der Waals surface area contributed by atoms with Crippen LogP contribution in [0.15, 0.2) is 54.6 Å². The largest absolute Gasteiger partial charge is 0.0802 e. The van der Waals surface area contributed by atoms with Gasteiger partial charge >= 0.3 is 0 Å². The van der Waals surface area contributed by atoms with Crippen LogP contribution in [-0.4, -0.2) is 0 Å². The number of hydrogen-bond acceptors (Lipinski definition) is 0. The molecule has 3 rings (SSSR count). The van der Waals surface area contributed by atoms with E-state index in [0.29, 0.717) is 11.8 Å². The first kappa shape index (κ1) is 8.72. The summed E-state index contributed by atoms with van der Waals surface area (Å²) in [5.41, 5.74) is 2.67. The highest BCUT2D eigenvalue weighted by molar-refractivity contribution is 5.41. The van der Waals surface area contributed by atoms with E-state index in [1.807, 2.05) is 0 Å². The third-order valence-corrected chi connectivity index (χ3v) is 3.22. The third-order valence-electron chi connectivity index (χ3n) is 3.22. The molecule has 0 fully saturated rings. The summed E-state index contributed by atoms with van der Waals surface area (Å²) in [6, 6.07) is 8.58. The fraction of sp³-hybridized carbons (Fsp3) is 0.200. The molecule has 0 aliphatic heterocycles. The molecule has 2 aliphatic carbocycles. The minimum absolute atomic E-state index is 0.539. The second-order valence-corrected chi connectivity index (χ2v) is 4.13. The van der Waals surface area contributed by atoms with E-state index in [4.69, 9.17) is 0 Å². The lowest BCUT2D eigenvalue weighted by atomic mass is 9.81. The summed E-state index contributed by atoms with van der Waals surface area (Å²) in [4.78, 5) is 0. The molecule has 2 unspecified atom stereocenters. The number of rotatable bonds is 0. The van der Waals surface area contributed by atoms with Crippen LogP contribution in [0.1, 0.15) is 23.5 Å². The minimum Gasteiger partial charge on any atom is -0.0802 e. The first-order chi connectivity index (χ1) is 7.45. The normalized spacial score (nSPS) is 26.9. The number of allylic oxidation sites excluding steroid dienone is 5. The van der Waals surface area contributed by atoms with Crippen molar-refractivity contribution in [1.82, 2.24) is 0 Å². The van der Waals surface area contributed by atoms with Crippen LogP contribution in [0, 0.1) is 12.0 Å². The van der Waals surface area contributed by atoms with Crippen molar-refractivity contribution >= 4 is 0 Å². The molecule has 2 atom stereocenters. The highest BCUT2D eigenvalue weighted by Crippen LogP contribution is 2.36. The van der Waals surface area contributed by atoms with Crippen LogP contribution < -0.4 is 0 Å². The highest BCUT2D eigenvalue weighted by Gasteiger charge is 2.22. The van der Waals surface area contributed by atoms with Gasteiger partial charge in [0.2, 0.25) is 0 Å². The van der Waals surface area contributed by atoms with Gasteiger partial charge in [0, 0.05) is 5.92 Å². The molecular weight excluding hydrogens is 180 g/mol. The Bertz CT molecular complexity index is 449. The van der Waals surface area contributed by atoms with Gasteiger partial charge in [-0.3, -0.25) is 0 Å². The number of hydrogen-bond donors (Lipinski definition) is 0. The zero-order valence-electron chi connectivity index (χ0n) is 8.56. The Kier molecular flexibility index (Phi) is 2.06. The van der Waals surface area contributed by atoms with Crippen LogP contribution >= 0.6 is 0 Å². The van der Waals surface area contributed by atoms with Crippen molar-refractivity contribution in [2.45, 2.75) is 12.3 Å². The van der Waals surface area contributed by atoms with Crippen LogP contribution in [0.3, 0.4) is 0 Å². The molecular formula is C15H13. The molecule has 0 amide bonds. The van der Waals surface area contributed by atoms with Gasteiger partial charge in [0.1, 0.15) is 0 Å². The summed E-state index contributed by atoms with van der Waals surface area (Å²) < 4.78 is 0. The summed E-state index contributed by atoms with van der Waals surface area (Å²) in [6.45, 7) is 0. The van der Waals surface area contributed by atoms with Gasteiger partial charge in [0.25, 0.3) is 0 Å². The van der Waals surface area contributed by atoms with Crippen LogP contribution in [0.4, 0.5) is 0 Å². The van der Waals surface area contributed by atoms with Crippen molar-refractivity contribution in [3.05, 3.63) is 71.8 Å². The first-order valence-corrected chi connectivity index (χ1v) is 5.47. The summed E-state index contributed by atoms with van der Waals surface area (Å²) in [6.07, 6.45) is 15.6. The Hall–Kier alpha value is -1.56. The van der Waals surface area contributed by atoms with Gasteiger partial charge < -0.3 is 0 Å². The molecule has 73 valence electrons. The molecule has 1 aromatic rings. The summed E-state index contributed by atoms with van der Waals surface area (Å²) in [5, 5.41) is 0. The first-order valence-electron chi connectivity index (χ1n) is 5.47. The standard InChI is InChI=1S/C15H13/c1-3-10-14-12(6-1)8-5-9-13-7-2-4-11-15(13)14/h1-7,10-12,14H,8H2. The van der Waals surface area contributed by atoms with E-state index in [0.717, 1.165) is 6.42 Å². The maximum Gasteiger partial charge on any atom is 0.00931 e. The Labute approximate surface area is 90.6 Å². The van der Waals surface area contributed by atoms with Crippen LogP contribution in [-0.2, 0) is 0 Å². The monoisotopic (exact) mass is 193 g/mol. The molecule has 0 heterocycles. The van der Waals surface area contributed by atoms with E-state index >= 15 is 0 Å². The Balaban J connectivity index is 2.13.